The largest absolute Gasteiger partial charge is 0.494 e. The number of Topliss-reactive ketones (excluding diaryl/α,β-unsaturated/α-hetero) is 1. The number of halogens is 1. The van der Waals surface area contributed by atoms with Gasteiger partial charge in [-0.25, -0.2) is 4.39 Å². The van der Waals surface area contributed by atoms with Crippen molar-refractivity contribution in [2.24, 2.45) is 11.7 Å². The summed E-state index contributed by atoms with van der Waals surface area (Å²) in [4.78, 5) is 12.3. The molecule has 2 unspecified atom stereocenters. The summed E-state index contributed by atoms with van der Waals surface area (Å²) < 4.78 is 18.9. The van der Waals surface area contributed by atoms with E-state index in [4.69, 9.17) is 10.5 Å². The SMILES string of the molecule is COc1cccc(C(=O)C2CCCC(N)C2)c1F. The van der Waals surface area contributed by atoms with Crippen molar-refractivity contribution in [2.75, 3.05) is 7.11 Å². The Morgan fingerprint density at radius 3 is 2.89 bits per heavy atom. The number of benzene rings is 1. The maximum Gasteiger partial charge on any atom is 0.175 e. The lowest BCUT2D eigenvalue weighted by atomic mass is 9.81. The molecule has 0 spiro atoms. The molecule has 1 aliphatic rings. The number of ether oxygens (including phenoxy) is 1. The van der Waals surface area contributed by atoms with Crippen LogP contribution >= 0.6 is 0 Å². The second-order valence-electron chi connectivity index (χ2n) is 4.81. The molecule has 0 heterocycles. The van der Waals surface area contributed by atoms with Gasteiger partial charge in [-0.05, 0) is 31.4 Å². The summed E-state index contributed by atoms with van der Waals surface area (Å²) in [5.41, 5.74) is 5.98. The van der Waals surface area contributed by atoms with E-state index in [1.54, 1.807) is 6.07 Å². The predicted octanol–water partition coefficient (Wildman–Crippen LogP) is 2.53. The van der Waals surface area contributed by atoms with Gasteiger partial charge in [0.25, 0.3) is 0 Å². The summed E-state index contributed by atoms with van der Waals surface area (Å²) in [6, 6.07) is 4.72. The van der Waals surface area contributed by atoms with E-state index in [0.717, 1.165) is 19.3 Å². The topological polar surface area (TPSA) is 52.3 Å². The Labute approximate surface area is 106 Å². The average molecular weight is 251 g/mol. The van der Waals surface area contributed by atoms with Crippen LogP contribution < -0.4 is 10.5 Å². The highest BCUT2D eigenvalue weighted by atomic mass is 19.1. The highest BCUT2D eigenvalue weighted by Crippen LogP contribution is 2.29. The third-order valence-corrected chi connectivity index (χ3v) is 3.53. The molecule has 0 bridgehead atoms. The van der Waals surface area contributed by atoms with Gasteiger partial charge >= 0.3 is 0 Å². The number of hydrogen-bond donors (Lipinski definition) is 1. The number of ketones is 1. The molecule has 4 heteroatoms. The molecule has 0 aromatic heterocycles. The molecule has 1 aliphatic carbocycles. The molecule has 1 fully saturated rings. The van der Waals surface area contributed by atoms with Gasteiger partial charge in [0.1, 0.15) is 0 Å². The van der Waals surface area contributed by atoms with Crippen molar-refractivity contribution in [3.05, 3.63) is 29.6 Å². The maximum absolute atomic E-state index is 14.0. The zero-order valence-electron chi connectivity index (χ0n) is 10.5. The Hall–Kier alpha value is -1.42. The molecule has 3 nitrogen and oxygen atoms in total. The van der Waals surface area contributed by atoms with Crippen molar-refractivity contribution in [3.8, 4) is 5.75 Å². The molecule has 0 amide bonds. The minimum Gasteiger partial charge on any atom is -0.494 e. The first-order chi connectivity index (χ1) is 8.63. The third-order valence-electron chi connectivity index (χ3n) is 3.53. The van der Waals surface area contributed by atoms with E-state index in [0.29, 0.717) is 6.42 Å². The summed E-state index contributed by atoms with van der Waals surface area (Å²) in [7, 11) is 1.39. The van der Waals surface area contributed by atoms with Crippen LogP contribution in [0.2, 0.25) is 0 Å². The number of nitrogens with two attached hydrogens (primary N) is 1. The first-order valence-electron chi connectivity index (χ1n) is 6.25. The predicted molar refractivity (Wildman–Crippen MR) is 67.2 cm³/mol. The molecule has 98 valence electrons. The summed E-state index contributed by atoms with van der Waals surface area (Å²) in [6.45, 7) is 0. The number of methoxy groups -OCH3 is 1. The Kier molecular flexibility index (Phi) is 3.97. The Morgan fingerprint density at radius 2 is 2.22 bits per heavy atom. The van der Waals surface area contributed by atoms with Crippen molar-refractivity contribution >= 4 is 5.78 Å². The third kappa shape index (κ3) is 2.53. The lowest BCUT2D eigenvalue weighted by Crippen LogP contribution is -2.31. The molecule has 1 aromatic carbocycles. The zero-order valence-corrected chi connectivity index (χ0v) is 10.5. The van der Waals surface area contributed by atoms with Gasteiger partial charge in [0.2, 0.25) is 0 Å². The molecule has 0 radical (unpaired) electrons. The van der Waals surface area contributed by atoms with Crippen molar-refractivity contribution in [2.45, 2.75) is 31.7 Å². The van der Waals surface area contributed by atoms with E-state index in [1.165, 1.54) is 19.2 Å². The van der Waals surface area contributed by atoms with E-state index in [-0.39, 0.29) is 29.1 Å². The molecule has 0 aliphatic heterocycles. The fraction of sp³-hybridized carbons (Fsp3) is 0.500. The maximum atomic E-state index is 14.0. The Balaban J connectivity index is 2.23. The molecule has 2 rings (SSSR count). The highest BCUT2D eigenvalue weighted by molar-refractivity contribution is 5.98. The lowest BCUT2D eigenvalue weighted by Gasteiger charge is -2.25. The molecular weight excluding hydrogens is 233 g/mol. The quantitative estimate of drug-likeness (QED) is 0.840. The second kappa shape index (κ2) is 5.48. The monoisotopic (exact) mass is 251 g/mol. The van der Waals surface area contributed by atoms with Gasteiger partial charge in [0.05, 0.1) is 12.7 Å². The van der Waals surface area contributed by atoms with Gasteiger partial charge in [-0.2, -0.15) is 0 Å². The summed E-state index contributed by atoms with van der Waals surface area (Å²) in [6.07, 6.45) is 3.33. The molecule has 2 N–H and O–H groups in total. The highest BCUT2D eigenvalue weighted by Gasteiger charge is 2.28. The summed E-state index contributed by atoms with van der Waals surface area (Å²) in [5.74, 6) is -0.762. The van der Waals surface area contributed by atoms with Gasteiger partial charge in [0, 0.05) is 12.0 Å². The number of hydrogen-bond acceptors (Lipinski definition) is 3. The van der Waals surface area contributed by atoms with E-state index in [1.807, 2.05) is 0 Å². The van der Waals surface area contributed by atoms with Gasteiger partial charge in [-0.3, -0.25) is 4.79 Å². The Morgan fingerprint density at radius 1 is 1.44 bits per heavy atom. The van der Waals surface area contributed by atoms with Gasteiger partial charge in [-0.1, -0.05) is 12.5 Å². The average Bonchev–Trinajstić information content (AvgIpc) is 2.38. The van der Waals surface area contributed by atoms with Crippen LogP contribution in [0.15, 0.2) is 18.2 Å². The van der Waals surface area contributed by atoms with Crippen LogP contribution in [0.3, 0.4) is 0 Å². The van der Waals surface area contributed by atoms with E-state index < -0.39 is 5.82 Å². The van der Waals surface area contributed by atoms with E-state index in [2.05, 4.69) is 0 Å². The standard InChI is InChI=1S/C14H18FNO2/c1-18-12-7-3-6-11(13(12)15)14(17)9-4-2-5-10(16)8-9/h3,6-7,9-10H,2,4-5,8,16H2,1H3. The van der Waals surface area contributed by atoms with Crippen molar-refractivity contribution in [1.82, 2.24) is 0 Å². The number of carbonyl (C=O) groups excluding carboxylic acids is 1. The first-order valence-corrected chi connectivity index (χ1v) is 6.25. The van der Waals surface area contributed by atoms with Crippen LogP contribution in [0, 0.1) is 11.7 Å². The minimum absolute atomic E-state index is 0.0568. The van der Waals surface area contributed by atoms with E-state index >= 15 is 0 Å². The number of carbonyl (C=O) groups is 1. The molecule has 2 atom stereocenters. The fourth-order valence-electron chi connectivity index (χ4n) is 2.54. The van der Waals surface area contributed by atoms with Crippen molar-refractivity contribution < 1.29 is 13.9 Å². The van der Waals surface area contributed by atoms with Crippen LogP contribution in [0.4, 0.5) is 4.39 Å². The Bertz CT molecular complexity index is 447. The molecule has 18 heavy (non-hydrogen) atoms. The normalized spacial score (nSPS) is 23.7. The van der Waals surface area contributed by atoms with E-state index in [9.17, 15) is 9.18 Å². The fourth-order valence-corrected chi connectivity index (χ4v) is 2.54. The second-order valence-corrected chi connectivity index (χ2v) is 4.81. The van der Waals surface area contributed by atoms with Crippen LogP contribution in [0.25, 0.3) is 0 Å². The minimum atomic E-state index is -0.566. The molecule has 1 aromatic rings. The van der Waals surface area contributed by atoms with Crippen LogP contribution in [0.1, 0.15) is 36.0 Å². The van der Waals surface area contributed by atoms with Crippen molar-refractivity contribution in [3.63, 3.8) is 0 Å². The zero-order chi connectivity index (χ0) is 13.1. The van der Waals surface area contributed by atoms with Crippen molar-refractivity contribution in [1.29, 1.82) is 0 Å². The van der Waals surface area contributed by atoms with Gasteiger partial charge < -0.3 is 10.5 Å². The summed E-state index contributed by atoms with van der Waals surface area (Å²) >= 11 is 0. The molecule has 0 saturated heterocycles. The lowest BCUT2D eigenvalue weighted by molar-refractivity contribution is 0.0876. The van der Waals surface area contributed by atoms with Gasteiger partial charge in [-0.15, -0.1) is 0 Å². The summed E-state index contributed by atoms with van der Waals surface area (Å²) in [5, 5.41) is 0. The van der Waals surface area contributed by atoms with Crippen LogP contribution in [-0.2, 0) is 0 Å². The van der Waals surface area contributed by atoms with Crippen LogP contribution in [0.5, 0.6) is 5.75 Å². The number of rotatable bonds is 3. The first kappa shape index (κ1) is 13.0. The van der Waals surface area contributed by atoms with Gasteiger partial charge in [0.15, 0.2) is 17.3 Å². The smallest absolute Gasteiger partial charge is 0.175 e. The molecule has 1 saturated carbocycles. The van der Waals surface area contributed by atoms with Crippen LogP contribution in [-0.4, -0.2) is 18.9 Å². The molecular formula is C14H18FNO2.